The van der Waals surface area contributed by atoms with Crippen LogP contribution in [0.4, 0.5) is 0 Å². The van der Waals surface area contributed by atoms with Gasteiger partial charge in [-0.15, -0.1) is 0 Å². The van der Waals surface area contributed by atoms with E-state index in [0.29, 0.717) is 11.1 Å². The number of sulfonamides is 1. The van der Waals surface area contributed by atoms with Crippen molar-refractivity contribution in [3.8, 4) is 0 Å². The fourth-order valence-corrected chi connectivity index (χ4v) is 4.07. The van der Waals surface area contributed by atoms with Crippen molar-refractivity contribution in [3.63, 3.8) is 0 Å². The Morgan fingerprint density at radius 3 is 2.59 bits per heavy atom. The lowest BCUT2D eigenvalue weighted by atomic mass is 10.1. The standard InChI is InChI=1S/C15H17NO4S2/c1-21-10-9-13(15(17)18)16-22(19,20)14-8-4-6-11-5-2-3-7-12(11)14/h2-8,13,16H,9-10H2,1H3,(H,17,18)/t13-/m1/s1. The number of rotatable bonds is 7. The van der Waals surface area contributed by atoms with Gasteiger partial charge in [0.25, 0.3) is 0 Å². The Labute approximate surface area is 133 Å². The topological polar surface area (TPSA) is 83.5 Å². The first-order valence-corrected chi connectivity index (χ1v) is 9.55. The molecule has 0 bridgehead atoms. The van der Waals surface area contributed by atoms with Crippen LogP contribution in [0.5, 0.6) is 0 Å². The van der Waals surface area contributed by atoms with Crippen LogP contribution in [0.3, 0.4) is 0 Å². The first-order chi connectivity index (χ1) is 10.5. The summed E-state index contributed by atoms with van der Waals surface area (Å²) in [6.07, 6.45) is 2.08. The van der Waals surface area contributed by atoms with Gasteiger partial charge in [-0.2, -0.15) is 16.5 Å². The number of thioether (sulfide) groups is 1. The predicted molar refractivity (Wildman–Crippen MR) is 88.7 cm³/mol. The number of aliphatic carboxylic acids is 1. The van der Waals surface area contributed by atoms with Crippen LogP contribution in [0.1, 0.15) is 6.42 Å². The number of benzene rings is 2. The molecule has 0 aliphatic rings. The van der Waals surface area contributed by atoms with Gasteiger partial charge >= 0.3 is 5.97 Å². The molecule has 0 fully saturated rings. The van der Waals surface area contributed by atoms with Gasteiger partial charge in [0.1, 0.15) is 6.04 Å². The number of carboxylic acids is 1. The van der Waals surface area contributed by atoms with Gasteiger partial charge in [-0.05, 0) is 29.9 Å². The normalized spacial score (nSPS) is 13.1. The molecular formula is C15H17NO4S2. The smallest absolute Gasteiger partial charge is 0.321 e. The third-order valence-electron chi connectivity index (χ3n) is 3.25. The molecule has 0 spiro atoms. The van der Waals surface area contributed by atoms with E-state index in [9.17, 15) is 18.3 Å². The number of carbonyl (C=O) groups is 1. The van der Waals surface area contributed by atoms with Crippen molar-refractivity contribution in [1.82, 2.24) is 4.72 Å². The van der Waals surface area contributed by atoms with E-state index in [1.807, 2.05) is 24.5 Å². The molecule has 2 N–H and O–H groups in total. The van der Waals surface area contributed by atoms with Crippen LogP contribution in [0.15, 0.2) is 47.4 Å². The van der Waals surface area contributed by atoms with Crippen molar-refractivity contribution in [2.45, 2.75) is 17.4 Å². The zero-order chi connectivity index (χ0) is 16.2. The lowest BCUT2D eigenvalue weighted by Gasteiger charge is -2.15. The number of fused-ring (bicyclic) bond motifs is 1. The Morgan fingerprint density at radius 2 is 1.91 bits per heavy atom. The molecule has 0 saturated heterocycles. The first-order valence-electron chi connectivity index (χ1n) is 6.67. The number of nitrogens with one attached hydrogen (secondary N) is 1. The van der Waals surface area contributed by atoms with E-state index in [2.05, 4.69) is 4.72 Å². The molecule has 0 aliphatic carbocycles. The Bertz CT molecular complexity index is 769. The maximum atomic E-state index is 12.5. The summed E-state index contributed by atoms with van der Waals surface area (Å²) in [5, 5.41) is 10.6. The zero-order valence-corrected chi connectivity index (χ0v) is 13.7. The molecule has 0 aliphatic heterocycles. The van der Waals surface area contributed by atoms with Crippen LogP contribution in [0.25, 0.3) is 10.8 Å². The summed E-state index contributed by atoms with van der Waals surface area (Å²) >= 11 is 1.47. The molecule has 0 saturated carbocycles. The molecule has 0 unspecified atom stereocenters. The van der Waals surface area contributed by atoms with Crippen LogP contribution in [0.2, 0.25) is 0 Å². The van der Waals surface area contributed by atoms with Crippen molar-refractivity contribution in [1.29, 1.82) is 0 Å². The predicted octanol–water partition coefficient (Wildman–Crippen LogP) is 2.32. The lowest BCUT2D eigenvalue weighted by Crippen LogP contribution is -2.41. The Balaban J connectivity index is 2.38. The Morgan fingerprint density at radius 1 is 1.23 bits per heavy atom. The molecule has 0 heterocycles. The highest BCUT2D eigenvalue weighted by atomic mass is 32.2. The minimum absolute atomic E-state index is 0.0981. The molecule has 22 heavy (non-hydrogen) atoms. The van der Waals surface area contributed by atoms with E-state index >= 15 is 0 Å². The minimum atomic E-state index is -3.90. The van der Waals surface area contributed by atoms with Gasteiger partial charge in [-0.1, -0.05) is 36.4 Å². The SMILES string of the molecule is CSCC[C@@H](NS(=O)(=O)c1cccc2ccccc12)C(=O)O. The van der Waals surface area contributed by atoms with E-state index in [1.54, 1.807) is 18.2 Å². The second-order valence-electron chi connectivity index (χ2n) is 4.77. The van der Waals surface area contributed by atoms with Crippen molar-refractivity contribution in [2.75, 3.05) is 12.0 Å². The van der Waals surface area contributed by atoms with Gasteiger partial charge in [0.2, 0.25) is 10.0 Å². The third-order valence-corrected chi connectivity index (χ3v) is 5.42. The summed E-state index contributed by atoms with van der Waals surface area (Å²) in [6, 6.07) is 10.9. The highest BCUT2D eigenvalue weighted by Gasteiger charge is 2.26. The molecule has 2 aromatic rings. The quantitative estimate of drug-likeness (QED) is 0.809. The number of hydrogen-bond donors (Lipinski definition) is 2. The molecule has 0 amide bonds. The maximum absolute atomic E-state index is 12.5. The van der Waals surface area contributed by atoms with E-state index in [4.69, 9.17) is 0 Å². The average Bonchev–Trinajstić information content (AvgIpc) is 2.50. The number of carboxylic acid groups (broad SMARTS) is 1. The van der Waals surface area contributed by atoms with Gasteiger partial charge in [-0.3, -0.25) is 4.79 Å². The largest absolute Gasteiger partial charge is 0.480 e. The van der Waals surface area contributed by atoms with Crippen molar-refractivity contribution < 1.29 is 18.3 Å². The van der Waals surface area contributed by atoms with Gasteiger partial charge in [-0.25, -0.2) is 8.42 Å². The summed E-state index contributed by atoms with van der Waals surface area (Å²) in [5.74, 6) is -0.604. The van der Waals surface area contributed by atoms with E-state index < -0.39 is 22.0 Å². The third kappa shape index (κ3) is 3.79. The van der Waals surface area contributed by atoms with E-state index in [1.165, 1.54) is 17.8 Å². The fourth-order valence-electron chi connectivity index (χ4n) is 2.15. The molecule has 5 nitrogen and oxygen atoms in total. The number of hydrogen-bond acceptors (Lipinski definition) is 4. The van der Waals surface area contributed by atoms with Gasteiger partial charge in [0.15, 0.2) is 0 Å². The summed E-state index contributed by atoms with van der Waals surface area (Å²) in [4.78, 5) is 11.3. The summed E-state index contributed by atoms with van der Waals surface area (Å²) in [6.45, 7) is 0. The first kappa shape index (κ1) is 16.8. The van der Waals surface area contributed by atoms with Crippen molar-refractivity contribution >= 4 is 38.5 Å². The molecule has 7 heteroatoms. The molecule has 2 rings (SSSR count). The second-order valence-corrected chi connectivity index (χ2v) is 7.44. The molecular weight excluding hydrogens is 322 g/mol. The summed E-state index contributed by atoms with van der Waals surface area (Å²) < 4.78 is 27.4. The maximum Gasteiger partial charge on any atom is 0.321 e. The van der Waals surface area contributed by atoms with Crippen LogP contribution in [0, 0.1) is 0 Å². The van der Waals surface area contributed by atoms with E-state index in [-0.39, 0.29) is 11.3 Å². The Kier molecular flexibility index (Phi) is 5.44. The molecule has 0 radical (unpaired) electrons. The van der Waals surface area contributed by atoms with Gasteiger partial charge in [0, 0.05) is 5.39 Å². The van der Waals surface area contributed by atoms with Crippen LogP contribution in [-0.2, 0) is 14.8 Å². The van der Waals surface area contributed by atoms with E-state index in [0.717, 1.165) is 5.39 Å². The molecule has 1 atom stereocenters. The fraction of sp³-hybridized carbons (Fsp3) is 0.267. The summed E-state index contributed by atoms with van der Waals surface area (Å²) in [5.41, 5.74) is 0. The highest BCUT2D eigenvalue weighted by Crippen LogP contribution is 2.23. The van der Waals surface area contributed by atoms with Crippen LogP contribution >= 0.6 is 11.8 Å². The Hall–Kier alpha value is -1.57. The zero-order valence-electron chi connectivity index (χ0n) is 12.0. The summed E-state index contributed by atoms with van der Waals surface area (Å²) in [7, 11) is -3.90. The molecule has 2 aromatic carbocycles. The van der Waals surface area contributed by atoms with Gasteiger partial charge < -0.3 is 5.11 Å². The monoisotopic (exact) mass is 339 g/mol. The van der Waals surface area contributed by atoms with Gasteiger partial charge in [0.05, 0.1) is 4.90 Å². The highest BCUT2D eigenvalue weighted by molar-refractivity contribution is 7.98. The van der Waals surface area contributed by atoms with Crippen molar-refractivity contribution in [3.05, 3.63) is 42.5 Å². The lowest BCUT2D eigenvalue weighted by molar-refractivity contribution is -0.139. The average molecular weight is 339 g/mol. The second kappa shape index (κ2) is 7.13. The van der Waals surface area contributed by atoms with Crippen LogP contribution in [-0.4, -0.2) is 37.5 Å². The molecule has 0 aromatic heterocycles. The van der Waals surface area contributed by atoms with Crippen molar-refractivity contribution in [2.24, 2.45) is 0 Å². The molecule has 118 valence electrons. The minimum Gasteiger partial charge on any atom is -0.480 e. The van der Waals surface area contributed by atoms with Crippen LogP contribution < -0.4 is 4.72 Å².